The number of ether oxygens (including phenoxy) is 1. The fraction of sp³-hybridized carbons (Fsp3) is 0.375. The topological polar surface area (TPSA) is 97.3 Å². The van der Waals surface area contributed by atoms with Gasteiger partial charge in [-0.3, -0.25) is 9.89 Å². The van der Waals surface area contributed by atoms with Crippen LogP contribution in [0.4, 0.5) is 4.39 Å². The number of hydrogen-bond donors (Lipinski definition) is 1. The van der Waals surface area contributed by atoms with Crippen LogP contribution in [0.5, 0.6) is 0 Å². The molecule has 8 nitrogen and oxygen atoms in total. The van der Waals surface area contributed by atoms with E-state index in [1.54, 1.807) is 24.3 Å². The lowest BCUT2D eigenvalue weighted by Gasteiger charge is -2.29. The van der Waals surface area contributed by atoms with Gasteiger partial charge in [0.25, 0.3) is 5.91 Å². The average molecular weight is 591 g/mol. The lowest BCUT2D eigenvalue weighted by atomic mass is 9.84. The molecular weight excluding hydrogens is 555 g/mol. The SMILES string of the molecule is COCC(C)(C)c1c(-c2ccc(C(=O)N3CCC(S(C)(=O)=O)C3)cc2)c2cc3[nH]ncc3cc2n1C1=CC=C(F)CC1. The molecule has 1 fully saturated rings. The zero-order valence-electron chi connectivity index (χ0n) is 24.3. The Morgan fingerprint density at radius 1 is 1.17 bits per heavy atom. The van der Waals surface area contributed by atoms with Crippen molar-refractivity contribution < 1.29 is 22.3 Å². The molecule has 0 saturated carbocycles. The number of allylic oxidation sites excluding steroid dienone is 4. The number of likely N-dealkylation sites (tertiary alicyclic amines) is 1. The number of nitrogens with one attached hydrogen (secondary N) is 1. The van der Waals surface area contributed by atoms with E-state index in [9.17, 15) is 17.6 Å². The summed E-state index contributed by atoms with van der Waals surface area (Å²) in [5.74, 6) is -0.304. The number of sulfone groups is 1. The molecule has 0 bridgehead atoms. The third kappa shape index (κ3) is 4.96. The predicted molar refractivity (Wildman–Crippen MR) is 164 cm³/mol. The summed E-state index contributed by atoms with van der Waals surface area (Å²) in [4.78, 5) is 14.9. The fourth-order valence-electron chi connectivity index (χ4n) is 6.40. The summed E-state index contributed by atoms with van der Waals surface area (Å²) in [7, 11) is -1.51. The summed E-state index contributed by atoms with van der Waals surface area (Å²) >= 11 is 0. The van der Waals surface area contributed by atoms with E-state index in [0.29, 0.717) is 38.0 Å². The standard InChI is InChI=1S/C32H35FN4O4S/c1-32(2,19-41-3)30-29(20-5-7-21(8-6-20)31(38)36-14-13-25(18-36)42(4,39)40)26-16-27-22(17-34-35-27)15-28(26)37(30)24-11-9-23(33)10-12-24/h5-9,11,15-17,25H,10,12-14,18-19H2,1-4H3,(H,34,35). The molecule has 1 aliphatic heterocycles. The minimum Gasteiger partial charge on any atom is -0.384 e. The van der Waals surface area contributed by atoms with E-state index in [4.69, 9.17) is 4.74 Å². The average Bonchev–Trinajstić information content (AvgIpc) is 3.69. The third-order valence-electron chi connectivity index (χ3n) is 8.50. The highest BCUT2D eigenvalue weighted by Gasteiger charge is 2.35. The highest BCUT2D eigenvalue weighted by molar-refractivity contribution is 7.91. The number of aromatic nitrogens is 3. The van der Waals surface area contributed by atoms with Crippen molar-refractivity contribution in [1.82, 2.24) is 19.7 Å². The number of carbonyl (C=O) groups is 1. The Kier molecular flexibility index (Phi) is 7.09. The van der Waals surface area contributed by atoms with Crippen LogP contribution in [0.25, 0.3) is 38.6 Å². The second-order valence-corrected chi connectivity index (χ2v) is 14.4. The predicted octanol–water partition coefficient (Wildman–Crippen LogP) is 5.86. The Hall–Kier alpha value is -3.76. The highest BCUT2D eigenvalue weighted by atomic mass is 32.2. The Labute approximate surface area is 244 Å². The number of H-pyrrole nitrogens is 1. The van der Waals surface area contributed by atoms with E-state index in [1.807, 2.05) is 30.3 Å². The number of carbonyl (C=O) groups excluding carboxylic acids is 1. The number of aromatic amines is 1. The highest BCUT2D eigenvalue weighted by Crippen LogP contribution is 2.45. The maximum atomic E-state index is 14.1. The monoisotopic (exact) mass is 590 g/mol. The molecule has 4 aromatic rings. The molecule has 2 aliphatic rings. The quantitative estimate of drug-likeness (QED) is 0.291. The maximum Gasteiger partial charge on any atom is 0.253 e. The van der Waals surface area contributed by atoms with Gasteiger partial charge >= 0.3 is 0 Å². The van der Waals surface area contributed by atoms with Crippen LogP contribution in [-0.2, 0) is 20.0 Å². The van der Waals surface area contributed by atoms with E-state index in [-0.39, 0.29) is 18.3 Å². The van der Waals surface area contributed by atoms with Gasteiger partial charge in [-0.05, 0) is 54.8 Å². The molecular formula is C32H35FN4O4S. The van der Waals surface area contributed by atoms with Gasteiger partial charge in [-0.1, -0.05) is 26.0 Å². The van der Waals surface area contributed by atoms with E-state index < -0.39 is 20.5 Å². The van der Waals surface area contributed by atoms with Crippen molar-refractivity contribution in [1.29, 1.82) is 0 Å². The molecule has 1 atom stereocenters. The van der Waals surface area contributed by atoms with Gasteiger partial charge in [0, 0.05) is 71.6 Å². The van der Waals surface area contributed by atoms with Crippen LogP contribution in [0.1, 0.15) is 49.2 Å². The molecule has 1 aliphatic carbocycles. The first kappa shape index (κ1) is 28.4. The summed E-state index contributed by atoms with van der Waals surface area (Å²) in [6, 6.07) is 11.7. The molecule has 1 saturated heterocycles. The van der Waals surface area contributed by atoms with Crippen molar-refractivity contribution in [3.63, 3.8) is 0 Å². The Balaban J connectivity index is 1.51. The molecule has 2 aromatic heterocycles. The number of methoxy groups -OCH3 is 1. The number of rotatable bonds is 7. The minimum atomic E-state index is -3.20. The lowest BCUT2D eigenvalue weighted by Crippen LogP contribution is -2.31. The van der Waals surface area contributed by atoms with Crippen molar-refractivity contribution in [3.05, 3.63) is 71.8 Å². The van der Waals surface area contributed by atoms with Crippen LogP contribution in [0, 0.1) is 0 Å². The number of halogens is 1. The van der Waals surface area contributed by atoms with Gasteiger partial charge in [-0.25, -0.2) is 12.8 Å². The van der Waals surface area contributed by atoms with E-state index in [2.05, 4.69) is 40.7 Å². The van der Waals surface area contributed by atoms with Gasteiger partial charge in [0.2, 0.25) is 0 Å². The number of nitrogens with zero attached hydrogens (tertiary/aromatic N) is 3. The molecule has 1 amide bonds. The van der Waals surface area contributed by atoms with Crippen LogP contribution in [0.3, 0.4) is 0 Å². The minimum absolute atomic E-state index is 0.133. The first-order chi connectivity index (χ1) is 20.0. The summed E-state index contributed by atoms with van der Waals surface area (Å²) < 4.78 is 46.1. The van der Waals surface area contributed by atoms with E-state index >= 15 is 0 Å². The normalized spacial score (nSPS) is 18.1. The maximum absolute atomic E-state index is 14.1. The molecule has 220 valence electrons. The Morgan fingerprint density at radius 3 is 2.57 bits per heavy atom. The van der Waals surface area contributed by atoms with Crippen molar-refractivity contribution in [2.45, 2.75) is 43.8 Å². The van der Waals surface area contributed by atoms with Crippen LogP contribution < -0.4 is 0 Å². The van der Waals surface area contributed by atoms with Gasteiger partial charge in [0.05, 0.1) is 29.1 Å². The van der Waals surface area contributed by atoms with Crippen molar-refractivity contribution in [2.75, 3.05) is 33.1 Å². The molecule has 1 N–H and O–H groups in total. The molecule has 6 rings (SSSR count). The van der Waals surface area contributed by atoms with Gasteiger partial charge in [-0.2, -0.15) is 5.10 Å². The van der Waals surface area contributed by atoms with Crippen LogP contribution in [0.2, 0.25) is 0 Å². The molecule has 0 spiro atoms. The summed E-state index contributed by atoms with van der Waals surface area (Å²) in [5, 5.41) is 8.79. The lowest BCUT2D eigenvalue weighted by molar-refractivity contribution is 0.0793. The first-order valence-electron chi connectivity index (χ1n) is 14.1. The smallest absolute Gasteiger partial charge is 0.253 e. The number of amides is 1. The number of hydrogen-bond acceptors (Lipinski definition) is 5. The van der Waals surface area contributed by atoms with Gasteiger partial charge in [-0.15, -0.1) is 0 Å². The second-order valence-electron chi connectivity index (χ2n) is 12.0. The zero-order valence-corrected chi connectivity index (χ0v) is 25.1. The summed E-state index contributed by atoms with van der Waals surface area (Å²) in [6.45, 7) is 5.38. The zero-order chi connectivity index (χ0) is 29.8. The molecule has 2 aromatic carbocycles. The fourth-order valence-corrected chi connectivity index (χ4v) is 7.38. The first-order valence-corrected chi connectivity index (χ1v) is 16.1. The van der Waals surface area contributed by atoms with E-state index in [0.717, 1.165) is 44.3 Å². The van der Waals surface area contributed by atoms with Crippen LogP contribution in [0.15, 0.2) is 60.6 Å². The van der Waals surface area contributed by atoms with Crippen molar-refractivity contribution in [2.24, 2.45) is 0 Å². The van der Waals surface area contributed by atoms with Crippen LogP contribution >= 0.6 is 0 Å². The van der Waals surface area contributed by atoms with Gasteiger partial charge in [0.1, 0.15) is 5.83 Å². The summed E-state index contributed by atoms with van der Waals surface area (Å²) in [5.41, 5.74) is 5.96. The Morgan fingerprint density at radius 2 is 1.93 bits per heavy atom. The Bertz CT molecular complexity index is 1870. The summed E-state index contributed by atoms with van der Waals surface area (Å²) in [6.07, 6.45) is 7.78. The molecule has 42 heavy (non-hydrogen) atoms. The van der Waals surface area contributed by atoms with Crippen molar-refractivity contribution in [3.8, 4) is 11.1 Å². The van der Waals surface area contributed by atoms with Crippen LogP contribution in [-0.4, -0.2) is 72.3 Å². The largest absolute Gasteiger partial charge is 0.384 e. The van der Waals surface area contributed by atoms with Gasteiger partial charge in [0.15, 0.2) is 9.84 Å². The number of benzene rings is 2. The van der Waals surface area contributed by atoms with E-state index in [1.165, 1.54) is 6.26 Å². The molecule has 10 heteroatoms. The molecule has 1 unspecified atom stereocenters. The van der Waals surface area contributed by atoms with Crippen molar-refractivity contribution >= 4 is 43.2 Å². The second kappa shape index (κ2) is 10.5. The third-order valence-corrected chi connectivity index (χ3v) is 10.1. The van der Waals surface area contributed by atoms with Gasteiger partial charge < -0.3 is 14.2 Å². The number of fused-ring (bicyclic) bond motifs is 2. The molecule has 3 heterocycles. The molecule has 0 radical (unpaired) electrons.